The number of nitrogens with one attached hydrogen (secondary N) is 1. The van der Waals surface area contributed by atoms with Crippen molar-refractivity contribution in [1.29, 1.82) is 0 Å². The minimum absolute atomic E-state index is 0.127. The van der Waals surface area contributed by atoms with E-state index in [1.165, 1.54) is 4.90 Å². The van der Waals surface area contributed by atoms with Crippen LogP contribution in [-0.4, -0.2) is 47.5 Å². The zero-order valence-electron chi connectivity index (χ0n) is 17.2. The number of carbonyl (C=O) groups excluding carboxylic acids is 2. The van der Waals surface area contributed by atoms with Gasteiger partial charge in [0.15, 0.2) is 17.7 Å². The van der Waals surface area contributed by atoms with E-state index >= 15 is 0 Å². The van der Waals surface area contributed by atoms with Crippen LogP contribution in [0.2, 0.25) is 0 Å². The summed E-state index contributed by atoms with van der Waals surface area (Å²) >= 11 is 0. The Morgan fingerprint density at radius 1 is 1.06 bits per heavy atom. The number of hydrogen-bond donors (Lipinski definition) is 1. The van der Waals surface area contributed by atoms with E-state index in [0.717, 1.165) is 31.4 Å². The lowest BCUT2D eigenvalue weighted by molar-refractivity contribution is -0.127. The molecular weight excluding hydrogens is 394 g/mol. The Hall–Kier alpha value is -3.68. The number of aromatic nitrogens is 2. The first kappa shape index (κ1) is 19.3. The van der Waals surface area contributed by atoms with E-state index < -0.39 is 6.10 Å². The molecule has 2 aromatic carbocycles. The highest BCUT2D eigenvalue weighted by Crippen LogP contribution is 2.34. The third kappa shape index (κ3) is 3.65. The highest BCUT2D eigenvalue weighted by molar-refractivity contribution is 6.06. The molecule has 2 aliphatic rings. The van der Waals surface area contributed by atoms with Gasteiger partial charge in [0.2, 0.25) is 5.91 Å². The van der Waals surface area contributed by atoms with E-state index in [9.17, 15) is 9.59 Å². The fourth-order valence-corrected chi connectivity index (χ4v) is 4.06. The molecule has 8 heteroatoms. The van der Waals surface area contributed by atoms with Gasteiger partial charge in [0, 0.05) is 13.1 Å². The highest BCUT2D eigenvalue weighted by Gasteiger charge is 2.33. The monoisotopic (exact) mass is 417 g/mol. The van der Waals surface area contributed by atoms with Crippen LogP contribution in [-0.2, 0) is 9.59 Å². The fraction of sp³-hybridized carbons (Fsp3) is 0.304. The first-order valence-corrected chi connectivity index (χ1v) is 10.5. The van der Waals surface area contributed by atoms with Gasteiger partial charge in [-0.3, -0.25) is 14.5 Å². The number of para-hydroxylation sites is 4. The zero-order chi connectivity index (χ0) is 21.4. The molecule has 1 unspecified atom stereocenters. The number of fused-ring (bicyclic) bond motifs is 2. The lowest BCUT2D eigenvalue weighted by Crippen LogP contribution is -2.47. The average Bonchev–Trinajstić information content (AvgIpc) is 3.31. The molecule has 8 nitrogen and oxygen atoms in total. The zero-order valence-corrected chi connectivity index (χ0v) is 17.2. The maximum Gasteiger partial charge on any atom is 0.268 e. The average molecular weight is 417 g/mol. The van der Waals surface area contributed by atoms with Gasteiger partial charge in [0.05, 0.1) is 16.7 Å². The van der Waals surface area contributed by atoms with E-state index in [1.54, 1.807) is 19.1 Å². The first-order chi connectivity index (χ1) is 15.1. The lowest BCUT2D eigenvalue weighted by atomic mass is 10.2. The second kappa shape index (κ2) is 7.86. The molecule has 1 fully saturated rings. The van der Waals surface area contributed by atoms with Crippen LogP contribution >= 0.6 is 0 Å². The topological polar surface area (TPSA) is 87.7 Å². The van der Waals surface area contributed by atoms with Crippen molar-refractivity contribution in [3.63, 3.8) is 0 Å². The van der Waals surface area contributed by atoms with E-state index in [4.69, 9.17) is 9.72 Å². The first-order valence-electron chi connectivity index (χ1n) is 10.5. The Morgan fingerprint density at radius 2 is 1.74 bits per heavy atom. The van der Waals surface area contributed by atoms with Gasteiger partial charge >= 0.3 is 0 Å². The molecule has 0 saturated carbocycles. The summed E-state index contributed by atoms with van der Waals surface area (Å²) in [5.41, 5.74) is 2.08. The van der Waals surface area contributed by atoms with Gasteiger partial charge in [-0.15, -0.1) is 0 Å². The van der Waals surface area contributed by atoms with Crippen molar-refractivity contribution in [2.24, 2.45) is 0 Å². The van der Waals surface area contributed by atoms with E-state index in [0.29, 0.717) is 28.6 Å². The molecule has 1 aromatic heterocycles. The molecule has 3 heterocycles. The number of amides is 2. The molecule has 1 N–H and O–H groups in total. The van der Waals surface area contributed by atoms with E-state index in [2.05, 4.69) is 15.2 Å². The summed E-state index contributed by atoms with van der Waals surface area (Å²) < 4.78 is 5.66. The molecule has 0 aliphatic carbocycles. The van der Waals surface area contributed by atoms with Crippen LogP contribution in [0.5, 0.6) is 5.75 Å². The smallest absolute Gasteiger partial charge is 0.268 e. The van der Waals surface area contributed by atoms with Crippen molar-refractivity contribution in [3.05, 3.63) is 48.5 Å². The Morgan fingerprint density at radius 3 is 2.52 bits per heavy atom. The van der Waals surface area contributed by atoms with Crippen LogP contribution in [0.1, 0.15) is 19.8 Å². The fourth-order valence-electron chi connectivity index (χ4n) is 4.06. The minimum Gasteiger partial charge on any atom is -0.479 e. The van der Waals surface area contributed by atoms with Crippen LogP contribution < -0.4 is 19.9 Å². The van der Waals surface area contributed by atoms with E-state index in [-0.39, 0.29) is 18.4 Å². The normalized spacial score (nSPS) is 18.1. The summed E-state index contributed by atoms with van der Waals surface area (Å²) in [6, 6.07) is 14.8. The van der Waals surface area contributed by atoms with Gasteiger partial charge < -0.3 is 15.0 Å². The number of nitrogens with zero attached hydrogens (tertiary/aromatic N) is 4. The van der Waals surface area contributed by atoms with Crippen molar-refractivity contribution in [2.75, 3.05) is 34.8 Å². The molecule has 2 amide bonds. The molecule has 3 aromatic rings. The Kier molecular flexibility index (Phi) is 4.89. The van der Waals surface area contributed by atoms with Gasteiger partial charge in [-0.05, 0) is 44.0 Å². The van der Waals surface area contributed by atoms with Crippen LogP contribution in [0.4, 0.5) is 17.3 Å². The van der Waals surface area contributed by atoms with Crippen molar-refractivity contribution in [3.8, 4) is 5.75 Å². The molecule has 2 aliphatic heterocycles. The Labute approximate surface area is 179 Å². The van der Waals surface area contributed by atoms with E-state index in [1.807, 2.05) is 36.4 Å². The number of rotatable bonds is 4. The summed E-state index contributed by atoms with van der Waals surface area (Å²) in [4.78, 5) is 38.8. The number of anilines is 3. The maximum atomic E-state index is 13.0. The molecule has 1 saturated heterocycles. The van der Waals surface area contributed by atoms with Gasteiger partial charge in [0.1, 0.15) is 12.3 Å². The molecule has 0 spiro atoms. The second-order valence-corrected chi connectivity index (χ2v) is 7.78. The van der Waals surface area contributed by atoms with Crippen LogP contribution in [0.15, 0.2) is 48.5 Å². The predicted octanol–water partition coefficient (Wildman–Crippen LogP) is 2.98. The molecule has 0 radical (unpaired) electrons. The summed E-state index contributed by atoms with van der Waals surface area (Å²) in [5.74, 6) is 1.10. The van der Waals surface area contributed by atoms with Crippen molar-refractivity contribution in [2.45, 2.75) is 25.9 Å². The second-order valence-electron chi connectivity index (χ2n) is 7.78. The maximum absolute atomic E-state index is 13.0. The van der Waals surface area contributed by atoms with Crippen molar-refractivity contribution >= 4 is 40.2 Å². The molecule has 5 rings (SSSR count). The van der Waals surface area contributed by atoms with Crippen LogP contribution in [0.25, 0.3) is 11.0 Å². The number of benzene rings is 2. The number of carbonyl (C=O) groups is 2. The predicted molar refractivity (Wildman–Crippen MR) is 118 cm³/mol. The number of ether oxygens (including phenoxy) is 1. The third-order valence-corrected chi connectivity index (χ3v) is 5.59. The molecular formula is C23H23N5O3. The van der Waals surface area contributed by atoms with Crippen molar-refractivity contribution < 1.29 is 14.3 Å². The van der Waals surface area contributed by atoms with Crippen LogP contribution in [0, 0.1) is 0 Å². The summed E-state index contributed by atoms with van der Waals surface area (Å²) in [6.07, 6.45) is 1.51. The molecule has 0 bridgehead atoms. The quantitative estimate of drug-likeness (QED) is 0.702. The molecule has 158 valence electrons. The Bertz CT molecular complexity index is 1160. The highest BCUT2D eigenvalue weighted by atomic mass is 16.5. The third-order valence-electron chi connectivity index (χ3n) is 5.59. The van der Waals surface area contributed by atoms with Gasteiger partial charge in [-0.1, -0.05) is 24.3 Å². The molecule has 1 atom stereocenters. The summed E-state index contributed by atoms with van der Waals surface area (Å²) in [6.45, 7) is 3.31. The van der Waals surface area contributed by atoms with Crippen LogP contribution in [0.3, 0.4) is 0 Å². The standard InChI is InChI=1S/C23H23N5O3/c1-15-23(30)28(18-10-4-5-11-19(18)31-15)14-20(29)26-21-22(27-12-6-7-13-27)25-17-9-3-2-8-16(17)24-21/h2-5,8-11,15H,6-7,12-14H2,1H3,(H,24,26,29). The summed E-state index contributed by atoms with van der Waals surface area (Å²) in [5, 5.41) is 2.90. The van der Waals surface area contributed by atoms with Gasteiger partial charge in [0.25, 0.3) is 5.91 Å². The molecule has 31 heavy (non-hydrogen) atoms. The van der Waals surface area contributed by atoms with Crippen molar-refractivity contribution in [1.82, 2.24) is 9.97 Å². The lowest BCUT2D eigenvalue weighted by Gasteiger charge is -2.32. The summed E-state index contributed by atoms with van der Waals surface area (Å²) in [7, 11) is 0. The van der Waals surface area contributed by atoms with Gasteiger partial charge in [-0.2, -0.15) is 0 Å². The van der Waals surface area contributed by atoms with Gasteiger partial charge in [-0.25, -0.2) is 9.97 Å². The Balaban J connectivity index is 1.44. The largest absolute Gasteiger partial charge is 0.479 e. The SMILES string of the molecule is CC1Oc2ccccc2N(CC(=O)Nc2nc3ccccc3nc2N2CCCC2)C1=O. The number of hydrogen-bond acceptors (Lipinski definition) is 6. The minimum atomic E-state index is -0.650.